The summed E-state index contributed by atoms with van der Waals surface area (Å²) in [5.41, 5.74) is 3.13. The molecule has 0 aromatic heterocycles. The van der Waals surface area contributed by atoms with E-state index in [2.05, 4.69) is 0 Å². The van der Waals surface area contributed by atoms with E-state index in [-0.39, 0.29) is 30.4 Å². The Labute approximate surface area is 224 Å². The fraction of sp³-hybridized carbons (Fsp3) is 0.290. The first-order valence-corrected chi connectivity index (χ1v) is 12.9. The summed E-state index contributed by atoms with van der Waals surface area (Å²) in [7, 11) is 0. The van der Waals surface area contributed by atoms with Crippen molar-refractivity contribution in [2.75, 3.05) is 11.4 Å². The van der Waals surface area contributed by atoms with Gasteiger partial charge in [-0.25, -0.2) is 4.79 Å². The number of hydrogen-bond donors (Lipinski definition) is 1. The van der Waals surface area contributed by atoms with Crippen LogP contribution in [0.5, 0.6) is 5.75 Å². The highest BCUT2D eigenvalue weighted by atomic mass is 19.4. The van der Waals surface area contributed by atoms with Crippen LogP contribution in [0.15, 0.2) is 78.4 Å². The number of nitrogens with zero attached hydrogens (tertiary/aromatic N) is 1. The maximum atomic E-state index is 13.7. The Morgan fingerprint density at radius 2 is 1.77 bits per heavy atom. The lowest BCUT2D eigenvalue weighted by molar-refractivity contribution is -0.137. The molecule has 1 heterocycles. The van der Waals surface area contributed by atoms with Crippen molar-refractivity contribution in [3.05, 3.63) is 101 Å². The summed E-state index contributed by atoms with van der Waals surface area (Å²) in [6.07, 6.45) is -1.47. The third-order valence-electron chi connectivity index (χ3n) is 7.44. The zero-order chi connectivity index (χ0) is 27.6. The summed E-state index contributed by atoms with van der Waals surface area (Å²) < 4.78 is 47.2. The number of allylic oxidation sites excluding steroid dienone is 1. The van der Waals surface area contributed by atoms with Gasteiger partial charge in [-0.3, -0.25) is 4.79 Å². The highest BCUT2D eigenvalue weighted by Gasteiger charge is 2.35. The van der Waals surface area contributed by atoms with E-state index in [0.717, 1.165) is 35.6 Å². The first kappa shape index (κ1) is 26.5. The van der Waals surface area contributed by atoms with Crippen LogP contribution in [-0.2, 0) is 17.6 Å². The van der Waals surface area contributed by atoms with Gasteiger partial charge >= 0.3 is 12.1 Å². The molecule has 5 nitrogen and oxygen atoms in total. The van der Waals surface area contributed by atoms with Crippen LogP contribution < -0.4 is 9.64 Å². The van der Waals surface area contributed by atoms with Gasteiger partial charge in [0.1, 0.15) is 12.4 Å². The van der Waals surface area contributed by atoms with Crippen LogP contribution >= 0.6 is 0 Å². The number of carbonyl (C=O) groups is 2. The predicted molar refractivity (Wildman–Crippen MR) is 141 cm³/mol. The second kappa shape index (κ2) is 11.0. The van der Waals surface area contributed by atoms with Crippen LogP contribution in [0.1, 0.15) is 59.2 Å². The Hall–Kier alpha value is -4.07. The van der Waals surface area contributed by atoms with Gasteiger partial charge in [-0.2, -0.15) is 13.2 Å². The maximum Gasteiger partial charge on any atom is 0.416 e. The van der Waals surface area contributed by atoms with Gasteiger partial charge in [-0.15, -0.1) is 0 Å². The topological polar surface area (TPSA) is 66.8 Å². The zero-order valence-electron chi connectivity index (χ0n) is 21.2. The number of carbonyl (C=O) groups excluding carboxylic acids is 1. The van der Waals surface area contributed by atoms with Crippen molar-refractivity contribution in [1.29, 1.82) is 0 Å². The van der Waals surface area contributed by atoms with Crippen molar-refractivity contribution in [2.24, 2.45) is 5.92 Å². The van der Waals surface area contributed by atoms with Gasteiger partial charge < -0.3 is 14.7 Å². The van der Waals surface area contributed by atoms with Crippen molar-refractivity contribution in [3.8, 4) is 5.75 Å². The van der Waals surface area contributed by atoms with Gasteiger partial charge in [0.25, 0.3) is 0 Å². The lowest BCUT2D eigenvalue weighted by Crippen LogP contribution is -2.40. The second-order valence-corrected chi connectivity index (χ2v) is 9.94. The molecule has 0 bridgehead atoms. The number of halogens is 3. The van der Waals surface area contributed by atoms with Crippen LogP contribution in [0.3, 0.4) is 0 Å². The quantitative estimate of drug-likeness (QED) is 0.343. The summed E-state index contributed by atoms with van der Waals surface area (Å²) in [5, 5.41) is 9.38. The molecule has 5 rings (SSSR count). The van der Waals surface area contributed by atoms with Crippen molar-refractivity contribution in [1.82, 2.24) is 0 Å². The van der Waals surface area contributed by atoms with E-state index >= 15 is 0 Å². The molecule has 1 amide bonds. The van der Waals surface area contributed by atoms with Crippen LogP contribution in [0.4, 0.5) is 18.9 Å². The van der Waals surface area contributed by atoms with E-state index in [4.69, 9.17) is 4.74 Å². The van der Waals surface area contributed by atoms with Gasteiger partial charge in [-0.1, -0.05) is 42.0 Å². The molecule has 39 heavy (non-hydrogen) atoms. The number of amides is 1. The van der Waals surface area contributed by atoms with Crippen LogP contribution in [-0.4, -0.2) is 23.5 Å². The first-order chi connectivity index (χ1) is 18.7. The summed E-state index contributed by atoms with van der Waals surface area (Å²) in [5.74, 6) is -0.824. The number of piperidine rings is 1. The molecule has 2 aliphatic rings. The number of carboxylic acids is 1. The second-order valence-electron chi connectivity index (χ2n) is 9.94. The predicted octanol–water partition coefficient (Wildman–Crippen LogP) is 7.36. The standard InChI is InChI=1S/C31H28F3NO4/c32-31(33,34)23-13-14-28(39-19-20-6-2-1-3-7-20)27(17-23)26-11-5-10-25(26)22-12-15-29(36)35(18-22)24-9-4-8-21(16-24)30(37)38/h1-4,6-9,13-14,16-17,22H,5,10-12,15,18-19H2,(H,37,38). The molecular formula is C31H28F3NO4. The average molecular weight is 536 g/mol. The molecule has 1 fully saturated rings. The fourth-order valence-corrected chi connectivity index (χ4v) is 5.52. The van der Waals surface area contributed by atoms with Crippen LogP contribution in [0, 0.1) is 5.92 Å². The Bertz CT molecular complexity index is 1410. The zero-order valence-corrected chi connectivity index (χ0v) is 21.2. The number of ether oxygens (including phenoxy) is 1. The van der Waals surface area contributed by atoms with E-state index in [0.29, 0.717) is 36.4 Å². The van der Waals surface area contributed by atoms with Gasteiger partial charge in [0, 0.05) is 24.2 Å². The smallest absolute Gasteiger partial charge is 0.416 e. The average Bonchev–Trinajstić information content (AvgIpc) is 3.42. The van der Waals surface area contributed by atoms with Gasteiger partial charge in [0.05, 0.1) is 11.1 Å². The number of hydrogen-bond acceptors (Lipinski definition) is 3. The highest BCUT2D eigenvalue weighted by molar-refractivity contribution is 5.96. The molecule has 3 aromatic carbocycles. The highest BCUT2D eigenvalue weighted by Crippen LogP contribution is 2.45. The normalized spacial score (nSPS) is 18.0. The number of benzene rings is 3. The third-order valence-corrected chi connectivity index (χ3v) is 7.44. The maximum absolute atomic E-state index is 13.7. The van der Waals surface area contributed by atoms with E-state index in [1.165, 1.54) is 24.3 Å². The number of rotatable bonds is 7. The van der Waals surface area contributed by atoms with Gasteiger partial charge in [-0.05, 0) is 79.1 Å². The lowest BCUT2D eigenvalue weighted by atomic mass is 9.85. The SMILES string of the molecule is O=C(O)c1cccc(N2CC(C3=C(c4cc(C(F)(F)F)ccc4OCc4ccccc4)CCC3)CCC2=O)c1. The summed E-state index contributed by atoms with van der Waals surface area (Å²) in [6, 6.07) is 19.4. The Kier molecular flexibility index (Phi) is 7.46. The number of alkyl halides is 3. The fourth-order valence-electron chi connectivity index (χ4n) is 5.52. The molecule has 1 aliphatic carbocycles. The first-order valence-electron chi connectivity index (χ1n) is 12.9. The molecule has 3 aromatic rings. The Balaban J connectivity index is 1.49. The lowest BCUT2D eigenvalue weighted by Gasteiger charge is -2.34. The third kappa shape index (κ3) is 5.85. The van der Waals surface area contributed by atoms with Gasteiger partial charge in [0.2, 0.25) is 5.91 Å². The molecule has 0 saturated carbocycles. The van der Waals surface area contributed by atoms with Crippen molar-refractivity contribution in [3.63, 3.8) is 0 Å². The summed E-state index contributed by atoms with van der Waals surface area (Å²) in [4.78, 5) is 25.9. The molecule has 1 N–H and O–H groups in total. The molecule has 0 radical (unpaired) electrons. The molecule has 1 aliphatic heterocycles. The van der Waals surface area contributed by atoms with Crippen molar-refractivity contribution >= 4 is 23.1 Å². The molecule has 0 spiro atoms. The van der Waals surface area contributed by atoms with Crippen LogP contribution in [0.2, 0.25) is 0 Å². The minimum absolute atomic E-state index is 0.0507. The number of anilines is 1. The van der Waals surface area contributed by atoms with Crippen molar-refractivity contribution < 1.29 is 32.6 Å². The summed E-state index contributed by atoms with van der Waals surface area (Å²) in [6.45, 7) is 0.577. The van der Waals surface area contributed by atoms with E-state index in [9.17, 15) is 27.9 Å². The molecule has 1 unspecified atom stereocenters. The van der Waals surface area contributed by atoms with E-state index in [1.54, 1.807) is 17.0 Å². The number of aromatic carboxylic acids is 1. The summed E-state index contributed by atoms with van der Waals surface area (Å²) >= 11 is 0. The van der Waals surface area contributed by atoms with E-state index < -0.39 is 17.7 Å². The molecule has 1 atom stereocenters. The molecule has 8 heteroatoms. The Morgan fingerprint density at radius 1 is 0.974 bits per heavy atom. The Morgan fingerprint density at radius 3 is 2.51 bits per heavy atom. The van der Waals surface area contributed by atoms with Crippen LogP contribution in [0.25, 0.3) is 5.57 Å². The minimum atomic E-state index is -4.49. The number of carboxylic acid groups (broad SMARTS) is 1. The molecular weight excluding hydrogens is 507 g/mol. The van der Waals surface area contributed by atoms with E-state index in [1.807, 2.05) is 30.3 Å². The minimum Gasteiger partial charge on any atom is -0.488 e. The monoisotopic (exact) mass is 535 g/mol. The molecule has 202 valence electrons. The largest absolute Gasteiger partial charge is 0.488 e. The molecule has 1 saturated heterocycles. The van der Waals surface area contributed by atoms with Gasteiger partial charge in [0.15, 0.2) is 0 Å². The van der Waals surface area contributed by atoms with Crippen molar-refractivity contribution in [2.45, 2.75) is 44.9 Å².